The van der Waals surface area contributed by atoms with Gasteiger partial charge in [-0.05, 0) is 28.6 Å². The van der Waals surface area contributed by atoms with Crippen LogP contribution in [0.3, 0.4) is 0 Å². The van der Waals surface area contributed by atoms with Gasteiger partial charge in [0.1, 0.15) is 5.82 Å². The van der Waals surface area contributed by atoms with Crippen molar-refractivity contribution < 1.29 is 0 Å². The average Bonchev–Trinajstić information content (AvgIpc) is 3.02. The predicted octanol–water partition coefficient (Wildman–Crippen LogP) is 2.39. The minimum absolute atomic E-state index is 0.747. The number of anilines is 1. The van der Waals surface area contributed by atoms with Crippen LogP contribution in [0.25, 0.3) is 5.69 Å². The van der Waals surface area contributed by atoms with Gasteiger partial charge in [0.25, 0.3) is 0 Å². The Labute approximate surface area is 126 Å². The van der Waals surface area contributed by atoms with Gasteiger partial charge in [0.05, 0.1) is 5.69 Å². The first-order valence-electron chi connectivity index (χ1n) is 6.47. The van der Waals surface area contributed by atoms with Crippen molar-refractivity contribution in [2.75, 3.05) is 12.4 Å². The number of pyridine rings is 1. The standard InChI is InChI=1S/C14H14N6S/c1-15-13-11(6-5-9-16-13)10-21-14-17-18-19-20(14)12-7-3-2-4-8-12/h2-9H,10H2,1H3,(H,15,16). The van der Waals surface area contributed by atoms with E-state index in [1.54, 1.807) is 22.6 Å². The molecule has 1 aromatic carbocycles. The van der Waals surface area contributed by atoms with Crippen LogP contribution in [0.15, 0.2) is 53.8 Å². The summed E-state index contributed by atoms with van der Waals surface area (Å²) in [5.41, 5.74) is 2.07. The molecule has 2 heterocycles. The molecule has 21 heavy (non-hydrogen) atoms. The van der Waals surface area contributed by atoms with E-state index < -0.39 is 0 Å². The number of benzene rings is 1. The van der Waals surface area contributed by atoms with Crippen LogP contribution < -0.4 is 5.32 Å². The van der Waals surface area contributed by atoms with E-state index in [2.05, 4.69) is 25.8 Å². The van der Waals surface area contributed by atoms with Gasteiger partial charge in [-0.25, -0.2) is 4.98 Å². The van der Waals surface area contributed by atoms with E-state index in [0.717, 1.165) is 28.0 Å². The number of nitrogens with zero attached hydrogens (tertiary/aromatic N) is 5. The number of aromatic nitrogens is 5. The van der Waals surface area contributed by atoms with Crippen LogP contribution in [0.2, 0.25) is 0 Å². The van der Waals surface area contributed by atoms with Crippen LogP contribution in [0.4, 0.5) is 5.82 Å². The highest BCUT2D eigenvalue weighted by Gasteiger charge is 2.10. The number of tetrazole rings is 1. The maximum absolute atomic E-state index is 4.29. The van der Waals surface area contributed by atoms with E-state index in [0.29, 0.717) is 0 Å². The van der Waals surface area contributed by atoms with Crippen molar-refractivity contribution in [1.29, 1.82) is 0 Å². The SMILES string of the molecule is CNc1ncccc1CSc1nnnn1-c1ccccc1. The molecule has 0 spiro atoms. The van der Waals surface area contributed by atoms with Crippen LogP contribution in [-0.2, 0) is 5.75 Å². The number of hydrogen-bond acceptors (Lipinski definition) is 6. The zero-order chi connectivity index (χ0) is 14.5. The Hall–Kier alpha value is -2.41. The summed E-state index contributed by atoms with van der Waals surface area (Å²) >= 11 is 1.58. The van der Waals surface area contributed by atoms with E-state index in [1.165, 1.54) is 0 Å². The molecule has 0 aliphatic rings. The summed E-state index contributed by atoms with van der Waals surface area (Å²) in [7, 11) is 1.87. The van der Waals surface area contributed by atoms with Gasteiger partial charge >= 0.3 is 0 Å². The second kappa shape index (κ2) is 6.36. The summed E-state index contributed by atoms with van der Waals surface area (Å²) in [4.78, 5) is 4.29. The van der Waals surface area contributed by atoms with Crippen LogP contribution in [0, 0.1) is 0 Å². The zero-order valence-electron chi connectivity index (χ0n) is 11.5. The maximum Gasteiger partial charge on any atom is 0.214 e. The molecule has 7 heteroatoms. The fourth-order valence-electron chi connectivity index (χ4n) is 1.92. The molecule has 0 fully saturated rings. The Morgan fingerprint density at radius 3 is 2.81 bits per heavy atom. The number of hydrogen-bond donors (Lipinski definition) is 1. The molecule has 0 atom stereocenters. The highest BCUT2D eigenvalue weighted by Crippen LogP contribution is 2.24. The molecular weight excluding hydrogens is 284 g/mol. The summed E-state index contributed by atoms with van der Waals surface area (Å²) in [5, 5.41) is 15.7. The van der Waals surface area contributed by atoms with Crippen molar-refractivity contribution in [2.24, 2.45) is 0 Å². The second-order valence-corrected chi connectivity index (χ2v) is 5.20. The predicted molar refractivity (Wildman–Crippen MR) is 82.5 cm³/mol. The van der Waals surface area contributed by atoms with Gasteiger partial charge < -0.3 is 5.32 Å². The van der Waals surface area contributed by atoms with Crippen molar-refractivity contribution in [3.63, 3.8) is 0 Å². The molecule has 0 unspecified atom stereocenters. The average molecular weight is 298 g/mol. The van der Waals surface area contributed by atoms with E-state index in [4.69, 9.17) is 0 Å². The summed E-state index contributed by atoms with van der Waals surface area (Å²) in [5.74, 6) is 1.63. The Balaban J connectivity index is 1.79. The molecule has 0 saturated heterocycles. The quantitative estimate of drug-likeness (QED) is 0.729. The van der Waals surface area contributed by atoms with Crippen molar-refractivity contribution in [3.05, 3.63) is 54.2 Å². The highest BCUT2D eigenvalue weighted by molar-refractivity contribution is 7.98. The molecule has 3 aromatic rings. The van der Waals surface area contributed by atoms with E-state index in [1.807, 2.05) is 49.5 Å². The van der Waals surface area contributed by atoms with Crippen molar-refractivity contribution in [1.82, 2.24) is 25.2 Å². The Morgan fingerprint density at radius 2 is 2.00 bits per heavy atom. The first kappa shape index (κ1) is 13.6. The number of rotatable bonds is 5. The molecular formula is C14H14N6S. The molecule has 0 saturated carbocycles. The Morgan fingerprint density at radius 1 is 1.14 bits per heavy atom. The fourth-order valence-corrected chi connectivity index (χ4v) is 2.80. The molecule has 6 nitrogen and oxygen atoms in total. The first-order chi connectivity index (χ1) is 10.4. The molecule has 0 bridgehead atoms. The van der Waals surface area contributed by atoms with Gasteiger partial charge in [-0.2, -0.15) is 4.68 Å². The van der Waals surface area contributed by atoms with E-state index >= 15 is 0 Å². The third-order valence-electron chi connectivity index (χ3n) is 2.93. The first-order valence-corrected chi connectivity index (χ1v) is 7.45. The Kier molecular flexibility index (Phi) is 4.11. The lowest BCUT2D eigenvalue weighted by molar-refractivity contribution is 0.756. The Bertz CT molecular complexity index is 712. The van der Waals surface area contributed by atoms with Gasteiger partial charge in [-0.1, -0.05) is 36.0 Å². The molecule has 106 valence electrons. The topological polar surface area (TPSA) is 68.5 Å². The van der Waals surface area contributed by atoms with Gasteiger partial charge in [0.2, 0.25) is 5.16 Å². The molecule has 0 amide bonds. The third-order valence-corrected chi connectivity index (χ3v) is 3.89. The number of nitrogens with one attached hydrogen (secondary N) is 1. The smallest absolute Gasteiger partial charge is 0.214 e. The minimum atomic E-state index is 0.747. The zero-order valence-corrected chi connectivity index (χ0v) is 12.3. The van der Waals surface area contributed by atoms with Gasteiger partial charge in [0.15, 0.2) is 0 Å². The summed E-state index contributed by atoms with van der Waals surface area (Å²) in [6.07, 6.45) is 1.77. The lowest BCUT2D eigenvalue weighted by Crippen LogP contribution is -2.00. The van der Waals surface area contributed by atoms with Crippen molar-refractivity contribution in [2.45, 2.75) is 10.9 Å². The molecule has 3 rings (SSSR count). The second-order valence-electron chi connectivity index (χ2n) is 4.26. The van der Waals surface area contributed by atoms with Crippen molar-refractivity contribution in [3.8, 4) is 5.69 Å². The third kappa shape index (κ3) is 3.03. The largest absolute Gasteiger partial charge is 0.373 e. The van der Waals surface area contributed by atoms with Crippen LogP contribution in [0.1, 0.15) is 5.56 Å². The monoisotopic (exact) mass is 298 g/mol. The van der Waals surface area contributed by atoms with Gasteiger partial charge in [-0.3, -0.25) is 0 Å². The number of thioether (sulfide) groups is 1. The van der Waals surface area contributed by atoms with Gasteiger partial charge in [-0.15, -0.1) is 5.10 Å². The highest BCUT2D eigenvalue weighted by atomic mass is 32.2. The van der Waals surface area contributed by atoms with Crippen LogP contribution in [0.5, 0.6) is 0 Å². The fraction of sp³-hybridized carbons (Fsp3) is 0.143. The summed E-state index contributed by atoms with van der Waals surface area (Å²) in [6, 6.07) is 13.8. The van der Waals surface area contributed by atoms with Crippen molar-refractivity contribution >= 4 is 17.6 Å². The maximum atomic E-state index is 4.29. The van der Waals surface area contributed by atoms with E-state index in [-0.39, 0.29) is 0 Å². The van der Waals surface area contributed by atoms with E-state index in [9.17, 15) is 0 Å². The lowest BCUT2D eigenvalue weighted by Gasteiger charge is -2.07. The molecule has 1 N–H and O–H groups in total. The molecule has 0 aliphatic heterocycles. The summed E-state index contributed by atoms with van der Waals surface area (Å²) in [6.45, 7) is 0. The molecule has 2 aromatic heterocycles. The normalized spacial score (nSPS) is 10.5. The van der Waals surface area contributed by atoms with Crippen LogP contribution >= 0.6 is 11.8 Å². The number of para-hydroxylation sites is 1. The van der Waals surface area contributed by atoms with Crippen LogP contribution in [-0.4, -0.2) is 32.2 Å². The summed E-state index contributed by atoms with van der Waals surface area (Å²) < 4.78 is 1.74. The molecule has 0 radical (unpaired) electrons. The lowest BCUT2D eigenvalue weighted by atomic mass is 10.3. The minimum Gasteiger partial charge on any atom is -0.373 e. The van der Waals surface area contributed by atoms with Gasteiger partial charge in [0, 0.05) is 24.6 Å². The molecule has 0 aliphatic carbocycles.